The molecule has 0 radical (unpaired) electrons. The highest BCUT2D eigenvalue weighted by Gasteiger charge is 2.60. The van der Waals surface area contributed by atoms with E-state index in [1.165, 1.54) is 23.1 Å². The molecule has 0 aliphatic carbocycles. The van der Waals surface area contributed by atoms with Gasteiger partial charge in [-0.3, -0.25) is 19.2 Å². The Labute approximate surface area is 181 Å². The predicted octanol–water partition coefficient (Wildman–Crippen LogP) is 0.775. The summed E-state index contributed by atoms with van der Waals surface area (Å²) in [6.07, 6.45) is -1.61. The van der Waals surface area contributed by atoms with E-state index in [0.29, 0.717) is 0 Å². The van der Waals surface area contributed by atoms with Crippen LogP contribution in [-0.4, -0.2) is 67.5 Å². The van der Waals surface area contributed by atoms with Crippen molar-refractivity contribution < 1.29 is 34.5 Å². The van der Waals surface area contributed by atoms with Gasteiger partial charge in [-0.2, -0.15) is 0 Å². The van der Waals surface area contributed by atoms with Crippen LogP contribution >= 0.6 is 23.4 Å². The number of nitrogens with one attached hydrogen (secondary N) is 1. The third kappa shape index (κ3) is 3.63. The smallest absolute Gasteiger partial charge is 0.319 e. The van der Waals surface area contributed by atoms with Gasteiger partial charge < -0.3 is 25.5 Å². The van der Waals surface area contributed by atoms with Crippen LogP contribution in [-0.2, 0) is 19.2 Å². The van der Waals surface area contributed by atoms with Gasteiger partial charge in [-0.05, 0) is 17.7 Å². The molecule has 0 spiro atoms. The molecule has 2 aliphatic heterocycles. The van der Waals surface area contributed by atoms with Crippen molar-refractivity contribution in [2.45, 2.75) is 31.4 Å². The molecule has 3 rings (SSSR count). The highest BCUT2D eigenvalue weighted by atomic mass is 35.5. The molecule has 11 heteroatoms. The number of β-lactam (4-membered cyclic amide) rings is 1. The monoisotopic (exact) mass is 456 g/mol. The molecule has 0 bridgehead atoms. The van der Waals surface area contributed by atoms with E-state index >= 15 is 0 Å². The number of thioether (sulfide) groups is 1. The van der Waals surface area contributed by atoms with Crippen LogP contribution < -0.4 is 5.32 Å². The first-order chi connectivity index (χ1) is 14.0. The molecule has 2 saturated heterocycles. The minimum atomic E-state index is -1.68. The third-order valence-electron chi connectivity index (χ3n) is 5.32. The lowest BCUT2D eigenvalue weighted by atomic mass is 9.78. The second-order valence-corrected chi connectivity index (χ2v) is 9.19. The van der Waals surface area contributed by atoms with Crippen LogP contribution in [0.1, 0.15) is 25.5 Å². The van der Waals surface area contributed by atoms with Gasteiger partial charge in [0.2, 0.25) is 5.91 Å². The Kier molecular flexibility index (Phi) is 6.03. The first-order valence-corrected chi connectivity index (χ1v) is 10.6. The molecule has 1 aromatic carbocycles. The highest BCUT2D eigenvalue weighted by Crippen LogP contribution is 2.43. The van der Waals surface area contributed by atoms with Crippen LogP contribution in [0.4, 0.5) is 0 Å². The molecule has 9 nitrogen and oxygen atoms in total. The summed E-state index contributed by atoms with van der Waals surface area (Å²) in [6.45, 7) is 2.97. The van der Waals surface area contributed by atoms with E-state index in [-0.39, 0.29) is 28.6 Å². The van der Waals surface area contributed by atoms with Crippen LogP contribution in [0.2, 0.25) is 5.02 Å². The summed E-state index contributed by atoms with van der Waals surface area (Å²) in [5.41, 5.74) is -1.54. The van der Waals surface area contributed by atoms with Crippen LogP contribution in [0.15, 0.2) is 18.2 Å². The third-order valence-corrected chi connectivity index (χ3v) is 7.15. The number of carboxylic acids is 1. The zero-order chi connectivity index (χ0) is 22.4. The Balaban J connectivity index is 1.70. The molecule has 4 atom stereocenters. The average molecular weight is 457 g/mol. The van der Waals surface area contributed by atoms with E-state index in [1.807, 2.05) is 0 Å². The number of hydrogen-bond donors (Lipinski definition) is 4. The number of hydrogen-bond acceptors (Lipinski definition) is 7. The number of phenols is 1. The molecule has 30 heavy (non-hydrogen) atoms. The van der Waals surface area contributed by atoms with Gasteiger partial charge in [0.1, 0.15) is 17.2 Å². The number of benzene rings is 1. The molecule has 1 aromatic rings. The molecule has 2 amide bonds. The Bertz CT molecular complexity index is 924. The molecule has 0 saturated carbocycles. The van der Waals surface area contributed by atoms with Gasteiger partial charge in [-0.1, -0.05) is 31.5 Å². The van der Waals surface area contributed by atoms with Gasteiger partial charge in [0.15, 0.2) is 17.3 Å². The SMILES string of the molecule is CC(C)C(=O)C1(C(=O)O)CS[C@@H]2C(NC(=O)C(O)c3ccc(O)c(Cl)c3)C(=O)N2C1. The van der Waals surface area contributed by atoms with Crippen molar-refractivity contribution in [3.05, 3.63) is 28.8 Å². The lowest BCUT2D eigenvalue weighted by Crippen LogP contribution is -2.74. The fourth-order valence-electron chi connectivity index (χ4n) is 3.59. The van der Waals surface area contributed by atoms with Gasteiger partial charge >= 0.3 is 5.97 Å². The second kappa shape index (κ2) is 8.09. The largest absolute Gasteiger partial charge is 0.506 e. The fraction of sp³-hybridized carbons (Fsp3) is 0.474. The van der Waals surface area contributed by atoms with E-state index in [1.54, 1.807) is 13.8 Å². The number of aliphatic hydroxyl groups is 1. The number of aliphatic hydroxyl groups excluding tert-OH is 1. The summed E-state index contributed by atoms with van der Waals surface area (Å²) in [5, 5.41) is 31.3. The minimum Gasteiger partial charge on any atom is -0.506 e. The number of ketones is 1. The Morgan fingerprint density at radius 2 is 2.00 bits per heavy atom. The predicted molar refractivity (Wildman–Crippen MR) is 108 cm³/mol. The van der Waals surface area contributed by atoms with Gasteiger partial charge in [0.25, 0.3) is 5.91 Å². The maximum Gasteiger partial charge on any atom is 0.319 e. The van der Waals surface area contributed by atoms with Gasteiger partial charge in [0, 0.05) is 18.2 Å². The number of carboxylic acid groups (broad SMARTS) is 1. The molecule has 162 valence electrons. The number of Topliss-reactive ketones (excluding diaryl/α,β-unsaturated/α-hetero) is 1. The summed E-state index contributed by atoms with van der Waals surface area (Å²) in [7, 11) is 0. The zero-order valence-electron chi connectivity index (χ0n) is 16.2. The van der Waals surface area contributed by atoms with Crippen LogP contribution in [0.25, 0.3) is 0 Å². The first-order valence-electron chi connectivity index (χ1n) is 9.16. The molecule has 2 fully saturated rings. The maximum absolute atomic E-state index is 12.6. The number of amides is 2. The zero-order valence-corrected chi connectivity index (χ0v) is 17.7. The average Bonchev–Trinajstić information content (AvgIpc) is 2.71. The Morgan fingerprint density at radius 3 is 2.57 bits per heavy atom. The number of rotatable bonds is 6. The second-order valence-electron chi connectivity index (χ2n) is 7.67. The number of carbonyl (C=O) groups excluding carboxylic acids is 3. The van der Waals surface area contributed by atoms with Crippen molar-refractivity contribution in [1.82, 2.24) is 10.2 Å². The van der Waals surface area contributed by atoms with E-state index in [9.17, 15) is 34.5 Å². The summed E-state index contributed by atoms with van der Waals surface area (Å²) in [4.78, 5) is 50.6. The molecule has 2 heterocycles. The summed E-state index contributed by atoms with van der Waals surface area (Å²) in [6, 6.07) is 2.86. The van der Waals surface area contributed by atoms with Crippen LogP contribution in [0, 0.1) is 11.3 Å². The Morgan fingerprint density at radius 1 is 1.33 bits per heavy atom. The number of fused-ring (bicyclic) bond motifs is 1. The normalized spacial score (nSPS) is 26.6. The van der Waals surface area contributed by atoms with Crippen molar-refractivity contribution in [3.63, 3.8) is 0 Å². The topological polar surface area (TPSA) is 144 Å². The number of phenolic OH excluding ortho intramolecular Hbond substituents is 1. The fourth-order valence-corrected chi connectivity index (χ4v) is 5.32. The van der Waals surface area contributed by atoms with Crippen molar-refractivity contribution in [1.29, 1.82) is 0 Å². The molecular weight excluding hydrogens is 436 g/mol. The van der Waals surface area contributed by atoms with Gasteiger partial charge in [-0.15, -0.1) is 11.8 Å². The number of nitrogens with zero attached hydrogens (tertiary/aromatic N) is 1. The van der Waals surface area contributed by atoms with Crippen LogP contribution in [0.5, 0.6) is 5.75 Å². The number of halogens is 1. The van der Waals surface area contributed by atoms with E-state index in [0.717, 1.165) is 11.8 Å². The molecule has 2 aliphatic rings. The van der Waals surface area contributed by atoms with Crippen molar-refractivity contribution >= 4 is 46.9 Å². The summed E-state index contributed by atoms with van der Waals surface area (Å²) >= 11 is 6.90. The molecular formula is C19H21ClN2O7S. The van der Waals surface area contributed by atoms with E-state index < -0.39 is 52.4 Å². The van der Waals surface area contributed by atoms with Crippen molar-refractivity contribution in [2.75, 3.05) is 12.3 Å². The van der Waals surface area contributed by atoms with E-state index in [2.05, 4.69) is 5.32 Å². The van der Waals surface area contributed by atoms with E-state index in [4.69, 9.17) is 11.6 Å². The summed E-state index contributed by atoms with van der Waals surface area (Å²) < 4.78 is 0. The minimum absolute atomic E-state index is 0.0176. The quantitative estimate of drug-likeness (QED) is 0.363. The highest BCUT2D eigenvalue weighted by molar-refractivity contribution is 8.00. The maximum atomic E-state index is 12.6. The summed E-state index contributed by atoms with van der Waals surface area (Å²) in [5.74, 6) is -3.78. The number of aromatic hydroxyl groups is 1. The molecule has 3 unspecified atom stereocenters. The van der Waals surface area contributed by atoms with Gasteiger partial charge in [0.05, 0.1) is 5.02 Å². The standard InChI is InChI=1S/C19H21ClN2O7S/c1-8(2)14(25)19(18(28)29)6-22-16(27)12(17(22)30-7-19)21-15(26)13(24)9-3-4-11(23)10(20)5-9/h3-5,8,12-13,17,23-24H,6-7H2,1-2H3,(H,21,26)(H,28,29)/t12?,13?,17-,19?/m1/s1. The molecule has 4 N–H and O–H groups in total. The lowest BCUT2D eigenvalue weighted by Gasteiger charge is -2.53. The lowest BCUT2D eigenvalue weighted by molar-refractivity contribution is -0.163. The van der Waals surface area contributed by atoms with Gasteiger partial charge in [-0.25, -0.2) is 0 Å². The molecule has 0 aromatic heterocycles. The van der Waals surface area contributed by atoms with Crippen molar-refractivity contribution in [2.24, 2.45) is 11.3 Å². The van der Waals surface area contributed by atoms with Crippen molar-refractivity contribution in [3.8, 4) is 5.75 Å². The number of aliphatic carboxylic acids is 1. The Hall–Kier alpha value is -2.30. The number of carbonyl (C=O) groups is 4. The first kappa shape index (κ1) is 22.4. The van der Waals surface area contributed by atoms with Crippen LogP contribution in [0.3, 0.4) is 0 Å².